The van der Waals surface area contributed by atoms with Crippen LogP contribution in [0.4, 0.5) is 13.2 Å². The first-order chi connectivity index (χ1) is 12.9. The molecule has 3 heterocycles. The minimum absolute atomic E-state index is 0.0550. The Kier molecular flexibility index (Phi) is 7.73. The van der Waals surface area contributed by atoms with Gasteiger partial charge in [0.05, 0.1) is 6.61 Å². The van der Waals surface area contributed by atoms with Gasteiger partial charge in [-0.2, -0.15) is 0 Å². The molecule has 0 N–H and O–H groups in total. The summed E-state index contributed by atoms with van der Waals surface area (Å²) in [5.74, 6) is -0.531. The van der Waals surface area contributed by atoms with E-state index in [1.54, 1.807) is 0 Å². The Morgan fingerprint density at radius 1 is 1.30 bits per heavy atom. The van der Waals surface area contributed by atoms with Gasteiger partial charge in [0.2, 0.25) is 0 Å². The number of hydrogen-bond donors (Lipinski definition) is 0. The molecular formula is C19H29F3N2O3. The molecule has 0 aromatic carbocycles. The molecule has 0 amide bonds. The van der Waals surface area contributed by atoms with Crippen LogP contribution in [-0.2, 0) is 4.74 Å². The number of alkyl halides is 3. The number of aromatic nitrogens is 1. The molecule has 2 unspecified atom stereocenters. The molecule has 2 saturated heterocycles. The maximum atomic E-state index is 12.5. The molecule has 0 bridgehead atoms. The first-order valence-electron chi connectivity index (χ1n) is 9.61. The largest absolute Gasteiger partial charge is 0.573 e. The Balaban J connectivity index is 0.00000126. The Hall–Kier alpha value is -1.54. The molecule has 3 rings (SSSR count). The number of ether oxygens (including phenoxy) is 3. The van der Waals surface area contributed by atoms with Crippen molar-refractivity contribution in [2.24, 2.45) is 0 Å². The van der Waals surface area contributed by atoms with Gasteiger partial charge in [0.1, 0.15) is 6.61 Å². The quantitative estimate of drug-likeness (QED) is 0.690. The van der Waals surface area contributed by atoms with Crippen molar-refractivity contribution in [1.82, 2.24) is 9.88 Å². The first kappa shape index (κ1) is 21.8. The standard InChI is InChI=1S/C17H23F3N2O3.C2H6/c1-2-23-12-16-7-4-10-22(16)13(6-8-16)11-24-15-14(5-3-9-21-15)25-17(18,19)20;1-2/h3,5,9,13H,2,4,6-8,10-12H2,1H3;1-2H3. The molecule has 0 saturated carbocycles. The molecule has 154 valence electrons. The minimum Gasteiger partial charge on any atom is -0.473 e. The molecule has 0 aliphatic carbocycles. The van der Waals surface area contributed by atoms with E-state index in [2.05, 4.69) is 14.6 Å². The second-order valence-electron chi connectivity index (χ2n) is 6.52. The zero-order valence-corrected chi connectivity index (χ0v) is 16.2. The fourth-order valence-electron chi connectivity index (χ4n) is 3.94. The second kappa shape index (κ2) is 9.59. The van der Waals surface area contributed by atoms with Gasteiger partial charge in [-0.25, -0.2) is 4.98 Å². The van der Waals surface area contributed by atoms with Gasteiger partial charge >= 0.3 is 6.36 Å². The van der Waals surface area contributed by atoms with Gasteiger partial charge in [-0.15, -0.1) is 13.2 Å². The van der Waals surface area contributed by atoms with Crippen molar-refractivity contribution in [3.63, 3.8) is 0 Å². The Morgan fingerprint density at radius 2 is 2.07 bits per heavy atom. The minimum atomic E-state index is -4.77. The highest BCUT2D eigenvalue weighted by Crippen LogP contribution is 2.43. The number of nitrogens with zero attached hydrogens (tertiary/aromatic N) is 2. The van der Waals surface area contributed by atoms with Crippen LogP contribution in [0.25, 0.3) is 0 Å². The molecule has 2 atom stereocenters. The van der Waals surface area contributed by atoms with E-state index in [1.807, 2.05) is 20.8 Å². The van der Waals surface area contributed by atoms with E-state index in [-0.39, 0.29) is 17.5 Å². The topological polar surface area (TPSA) is 43.8 Å². The third-order valence-electron chi connectivity index (χ3n) is 4.98. The van der Waals surface area contributed by atoms with Crippen molar-refractivity contribution in [3.8, 4) is 11.6 Å². The van der Waals surface area contributed by atoms with E-state index >= 15 is 0 Å². The maximum absolute atomic E-state index is 12.5. The molecule has 1 aromatic heterocycles. The number of hydrogen-bond acceptors (Lipinski definition) is 5. The summed E-state index contributed by atoms with van der Waals surface area (Å²) in [7, 11) is 0. The molecular weight excluding hydrogens is 361 g/mol. The second-order valence-corrected chi connectivity index (χ2v) is 6.52. The van der Waals surface area contributed by atoms with E-state index in [1.165, 1.54) is 18.3 Å². The van der Waals surface area contributed by atoms with Crippen LogP contribution >= 0.6 is 0 Å². The van der Waals surface area contributed by atoms with Crippen LogP contribution < -0.4 is 9.47 Å². The van der Waals surface area contributed by atoms with E-state index in [4.69, 9.17) is 9.47 Å². The van der Waals surface area contributed by atoms with Gasteiger partial charge in [-0.3, -0.25) is 4.90 Å². The average Bonchev–Trinajstić information content (AvgIpc) is 3.19. The van der Waals surface area contributed by atoms with Crippen LogP contribution in [-0.4, -0.2) is 54.2 Å². The van der Waals surface area contributed by atoms with Crippen molar-refractivity contribution < 1.29 is 27.4 Å². The summed E-state index contributed by atoms with van der Waals surface area (Å²) in [6, 6.07) is 2.75. The summed E-state index contributed by atoms with van der Waals surface area (Å²) in [6.07, 6.45) is 0.786. The fraction of sp³-hybridized carbons (Fsp3) is 0.737. The van der Waals surface area contributed by atoms with E-state index in [0.29, 0.717) is 19.8 Å². The number of pyridine rings is 1. The molecule has 1 aromatic rings. The lowest BCUT2D eigenvalue weighted by molar-refractivity contribution is -0.275. The molecule has 2 aliphatic rings. The van der Waals surface area contributed by atoms with Gasteiger partial charge in [0, 0.05) is 24.4 Å². The highest BCUT2D eigenvalue weighted by molar-refractivity contribution is 5.32. The summed E-state index contributed by atoms with van der Waals surface area (Å²) in [6.45, 7) is 8.62. The number of fused-ring (bicyclic) bond motifs is 1. The SMILES string of the molecule is CC.CCOCC12CCCN1C(COc1ncccc1OC(F)(F)F)CC2. The summed E-state index contributed by atoms with van der Waals surface area (Å²) in [5.41, 5.74) is 0.0550. The zero-order valence-electron chi connectivity index (χ0n) is 16.2. The van der Waals surface area contributed by atoms with Crippen LogP contribution in [0, 0.1) is 0 Å². The van der Waals surface area contributed by atoms with E-state index in [9.17, 15) is 13.2 Å². The normalized spacial score (nSPS) is 24.9. The average molecular weight is 390 g/mol. The lowest BCUT2D eigenvalue weighted by atomic mass is 9.95. The van der Waals surface area contributed by atoms with Gasteiger partial charge in [-0.1, -0.05) is 13.8 Å². The van der Waals surface area contributed by atoms with Crippen molar-refractivity contribution in [2.75, 3.05) is 26.4 Å². The summed E-state index contributed by atoms with van der Waals surface area (Å²) >= 11 is 0. The van der Waals surface area contributed by atoms with Crippen molar-refractivity contribution in [3.05, 3.63) is 18.3 Å². The molecule has 8 heteroatoms. The van der Waals surface area contributed by atoms with Crippen LogP contribution in [0.1, 0.15) is 46.5 Å². The molecule has 27 heavy (non-hydrogen) atoms. The molecule has 2 fully saturated rings. The van der Waals surface area contributed by atoms with Crippen molar-refractivity contribution in [1.29, 1.82) is 0 Å². The highest BCUT2D eigenvalue weighted by Gasteiger charge is 2.49. The Labute approximate surface area is 158 Å². The van der Waals surface area contributed by atoms with E-state index < -0.39 is 12.1 Å². The summed E-state index contributed by atoms with van der Waals surface area (Å²) < 4.78 is 52.7. The third kappa shape index (κ3) is 5.48. The van der Waals surface area contributed by atoms with E-state index in [0.717, 1.165) is 32.2 Å². The highest BCUT2D eigenvalue weighted by atomic mass is 19.4. The van der Waals surface area contributed by atoms with Crippen molar-refractivity contribution >= 4 is 0 Å². The predicted molar refractivity (Wildman–Crippen MR) is 95.9 cm³/mol. The molecule has 0 radical (unpaired) electrons. The van der Waals surface area contributed by atoms with Gasteiger partial charge in [-0.05, 0) is 51.3 Å². The summed E-state index contributed by atoms with van der Waals surface area (Å²) in [5, 5.41) is 0. The maximum Gasteiger partial charge on any atom is 0.573 e. The van der Waals surface area contributed by atoms with Gasteiger partial charge in [0.15, 0.2) is 5.75 Å². The van der Waals surface area contributed by atoms with Crippen LogP contribution in [0.5, 0.6) is 11.6 Å². The third-order valence-corrected chi connectivity index (χ3v) is 4.98. The predicted octanol–water partition coefficient (Wildman–Crippen LogP) is 4.42. The lowest BCUT2D eigenvalue weighted by Gasteiger charge is -2.34. The monoisotopic (exact) mass is 390 g/mol. The van der Waals surface area contributed by atoms with Crippen LogP contribution in [0.2, 0.25) is 0 Å². The fourth-order valence-corrected chi connectivity index (χ4v) is 3.94. The summed E-state index contributed by atoms with van der Waals surface area (Å²) in [4.78, 5) is 6.28. The molecule has 5 nitrogen and oxygen atoms in total. The van der Waals surface area contributed by atoms with Crippen LogP contribution in [0.3, 0.4) is 0 Å². The van der Waals surface area contributed by atoms with Gasteiger partial charge < -0.3 is 14.2 Å². The van der Waals surface area contributed by atoms with Crippen molar-refractivity contribution in [2.45, 2.75) is 64.4 Å². The van der Waals surface area contributed by atoms with Crippen LogP contribution in [0.15, 0.2) is 18.3 Å². The number of rotatable bonds is 7. The Bertz CT molecular complexity index is 586. The first-order valence-corrected chi connectivity index (χ1v) is 9.61. The van der Waals surface area contributed by atoms with Gasteiger partial charge in [0.25, 0.3) is 5.88 Å². The smallest absolute Gasteiger partial charge is 0.473 e. The Morgan fingerprint density at radius 3 is 2.78 bits per heavy atom. The lowest BCUT2D eigenvalue weighted by Crippen LogP contribution is -2.47. The molecule has 2 aliphatic heterocycles. The number of halogens is 3. The molecule has 0 spiro atoms. The zero-order chi connectivity index (χ0) is 19.9.